The van der Waals surface area contributed by atoms with Crippen molar-refractivity contribution in [3.05, 3.63) is 180 Å². The Hall–Kier alpha value is -4.20. The molecule has 0 heterocycles. The van der Waals surface area contributed by atoms with Crippen LogP contribution < -0.4 is 70.9 Å². The maximum atomic E-state index is 3.38. The first-order valence-electron chi connectivity index (χ1n) is 20.1. The van der Waals surface area contributed by atoms with Gasteiger partial charge < -0.3 is 24.8 Å². The molecule has 1 aliphatic carbocycles. The number of allylic oxidation sites excluding steroid dienone is 1. The Kier molecular flexibility index (Phi) is 14.8. The van der Waals surface area contributed by atoms with Gasteiger partial charge in [0, 0.05) is 0 Å². The van der Waals surface area contributed by atoms with Crippen LogP contribution in [0.3, 0.4) is 0 Å². The second-order valence-electron chi connectivity index (χ2n) is 16.1. The minimum Gasteiger partial charge on any atom is -1.00 e. The molecule has 0 saturated heterocycles. The molecule has 0 radical (unpaired) electrons. The summed E-state index contributed by atoms with van der Waals surface area (Å²) in [5, 5.41) is 9.39. The number of fused-ring (bicyclic) bond motifs is 2. The van der Waals surface area contributed by atoms with Crippen LogP contribution in [0.5, 0.6) is 0 Å². The minimum absolute atomic E-state index is 0. The van der Waals surface area contributed by atoms with E-state index in [1.807, 2.05) is 0 Å². The Morgan fingerprint density at radius 2 is 0.869 bits per heavy atom. The Morgan fingerprint density at radius 3 is 1.33 bits per heavy atom. The number of rotatable bonds is 11. The molecule has 0 aromatic heterocycles. The molecule has 0 amide bonds. The molecule has 8 rings (SSSR count). The van der Waals surface area contributed by atoms with Gasteiger partial charge in [-0.3, -0.25) is 0 Å². The number of hydrogen-bond acceptors (Lipinski definition) is 4. The average Bonchev–Trinajstić information content (AvgIpc) is 3.25. The Morgan fingerprint density at radius 1 is 0.459 bits per heavy atom. The van der Waals surface area contributed by atoms with Crippen LogP contribution in [-0.2, 0) is 18.3 Å². The predicted molar refractivity (Wildman–Crippen MR) is 259 cm³/mol. The number of benzene rings is 7. The largest absolute Gasteiger partial charge is 1.00 e. The van der Waals surface area contributed by atoms with Crippen LogP contribution in [0.4, 0.5) is 22.7 Å². The molecule has 2 unspecified atom stereocenters. The fourth-order valence-corrected chi connectivity index (χ4v) is 15.5. The quantitative estimate of drug-likeness (QED) is 0.146. The van der Waals surface area contributed by atoms with Crippen LogP contribution >= 0.6 is 15.8 Å². The van der Waals surface area contributed by atoms with Gasteiger partial charge in [-0.15, -0.1) is 0 Å². The van der Waals surface area contributed by atoms with E-state index in [4.69, 9.17) is 0 Å². The summed E-state index contributed by atoms with van der Waals surface area (Å²) >= 11 is 3.38. The van der Waals surface area contributed by atoms with Crippen LogP contribution in [0.2, 0.25) is 0 Å². The van der Waals surface area contributed by atoms with E-state index in [9.17, 15) is 0 Å². The summed E-state index contributed by atoms with van der Waals surface area (Å²) in [7, 11) is 15.0. The van der Waals surface area contributed by atoms with E-state index >= 15 is 0 Å². The molecular weight excluding hydrogens is 915 g/mol. The molecule has 0 bridgehead atoms. The Bertz CT molecular complexity index is 2490. The smallest absolute Gasteiger partial charge is 1.00 e. The minimum atomic E-state index is -0.983. The molecule has 9 heteroatoms. The van der Waals surface area contributed by atoms with Gasteiger partial charge in [0.15, 0.2) is 0 Å². The average molecular weight is 968 g/mol. The topological polar surface area (TPSA) is 13.0 Å². The van der Waals surface area contributed by atoms with Crippen molar-refractivity contribution in [3.63, 3.8) is 0 Å². The van der Waals surface area contributed by atoms with Gasteiger partial charge in [-0.2, -0.15) is 0 Å². The van der Waals surface area contributed by atoms with Crippen molar-refractivity contribution in [2.75, 3.05) is 76.0 Å². The molecule has 61 heavy (non-hydrogen) atoms. The number of anilines is 4. The zero-order valence-electron chi connectivity index (χ0n) is 36.0. The molecule has 0 aliphatic heterocycles. The van der Waals surface area contributed by atoms with Crippen molar-refractivity contribution in [1.82, 2.24) is 0 Å². The maximum Gasteiger partial charge on any atom is -1.00 e. The molecule has 313 valence electrons. The van der Waals surface area contributed by atoms with E-state index in [2.05, 4.69) is 264 Å². The molecule has 7 aromatic carbocycles. The van der Waals surface area contributed by atoms with E-state index in [-0.39, 0.29) is 34.5 Å². The first kappa shape index (κ1) is 46.3. The van der Waals surface area contributed by atoms with E-state index in [0.29, 0.717) is 0 Å². The molecule has 0 fully saturated rings. The molecule has 7 aromatic rings. The van der Waals surface area contributed by atoms with Gasteiger partial charge in [-0.25, -0.2) is 0 Å². The fourth-order valence-electron chi connectivity index (χ4n) is 8.35. The van der Waals surface area contributed by atoms with Crippen molar-refractivity contribution in [1.29, 1.82) is 0 Å². The van der Waals surface area contributed by atoms with Gasteiger partial charge in [0.1, 0.15) is 0 Å². The second kappa shape index (κ2) is 19.5. The van der Waals surface area contributed by atoms with Gasteiger partial charge in [-0.05, 0) is 0 Å². The number of nitrogens with zero attached hydrogens (tertiary/aromatic N) is 4. The fraction of sp³-hybridized carbons (Fsp3) is 0.192. The van der Waals surface area contributed by atoms with Crippen molar-refractivity contribution in [3.8, 4) is 0 Å². The van der Waals surface area contributed by atoms with Crippen LogP contribution in [0.25, 0.3) is 16.8 Å². The summed E-state index contributed by atoms with van der Waals surface area (Å²) in [6, 6.07) is 60.4. The van der Waals surface area contributed by atoms with Crippen molar-refractivity contribution >= 4 is 82.0 Å². The monoisotopic (exact) mass is 967 g/mol. The summed E-state index contributed by atoms with van der Waals surface area (Å²) in [4.78, 5) is 8.75. The zero-order valence-corrected chi connectivity index (χ0v) is 41.1. The predicted octanol–water partition coefficient (Wildman–Crippen LogP) is 3.40. The third-order valence-corrected chi connectivity index (χ3v) is 18.7. The number of halogens is 2. The van der Waals surface area contributed by atoms with Crippen LogP contribution in [0.15, 0.2) is 164 Å². The summed E-state index contributed by atoms with van der Waals surface area (Å²) in [6.07, 6.45) is 4.95. The van der Waals surface area contributed by atoms with Crippen LogP contribution in [0, 0.1) is 0 Å². The van der Waals surface area contributed by atoms with Gasteiger partial charge in [0.25, 0.3) is 0 Å². The first-order valence-corrected chi connectivity index (χ1v) is 23.7. The zero-order chi connectivity index (χ0) is 41.4. The maximum absolute atomic E-state index is 3.38. The molecule has 1 aliphatic rings. The third kappa shape index (κ3) is 9.16. The standard InChI is InChI=1S/C52H53N4P2.2ClH.Ru/c1-53(2)39-19-27-43(28-20-39)57(44-29-21-40(22-30-44)54(3)4)49-35-17-37-13-9-11-15-47(37)51(49)52-48-16-12-10-14-38(48)18-36-50(52)58(45-31-23-41(24-32-45)55(5)6)46-33-25-42(26-34-46)56(7)8;;;/h9-36,51H,1-8H3;2*1H;/q;;;+2/p-2. The summed E-state index contributed by atoms with van der Waals surface area (Å²) in [6.45, 7) is 0. The van der Waals surface area contributed by atoms with Crippen LogP contribution in [0.1, 0.15) is 22.6 Å². The van der Waals surface area contributed by atoms with E-state index in [1.54, 1.807) is 0 Å². The van der Waals surface area contributed by atoms with Gasteiger partial charge in [0.2, 0.25) is 0 Å². The van der Waals surface area contributed by atoms with Gasteiger partial charge >= 0.3 is 366 Å². The molecule has 0 N–H and O–H groups in total. The summed E-state index contributed by atoms with van der Waals surface area (Å²) in [5.41, 5.74) is 8.88. The summed E-state index contributed by atoms with van der Waals surface area (Å²) < 4.78 is -0.383. The van der Waals surface area contributed by atoms with Crippen molar-refractivity contribution in [2.45, 2.75) is 9.67 Å². The molecular formula is C52H53Cl2N4P2Ru. The van der Waals surface area contributed by atoms with E-state index < -0.39 is 15.8 Å². The summed E-state index contributed by atoms with van der Waals surface area (Å²) in [5.74, 6) is 0.0152. The Labute approximate surface area is 388 Å². The SMILES string of the molecule is CN(C)c1ccc(P(c2ccc(N(C)C)cc2)c2ccc3ccccc3c2C2c3ccccc3C=C[C]2([Ru+2])P(c2ccc(N(C)C)cc2)c2ccc(N(C)C)cc2)cc1.[Cl-].[Cl-]. The van der Waals surface area contributed by atoms with E-state index in [0.717, 1.165) is 0 Å². The molecule has 4 nitrogen and oxygen atoms in total. The van der Waals surface area contributed by atoms with Crippen molar-refractivity contribution < 1.29 is 43.1 Å². The third-order valence-electron chi connectivity index (χ3n) is 11.5. The van der Waals surface area contributed by atoms with Gasteiger partial charge in [0.05, 0.1) is 0 Å². The first-order chi connectivity index (χ1) is 28.4. The number of hydrogen-bond donors (Lipinski definition) is 0. The molecule has 2 atom stereocenters. The van der Waals surface area contributed by atoms with Gasteiger partial charge in [-0.1, -0.05) is 0 Å². The Balaban J connectivity index is 0.00000311. The van der Waals surface area contributed by atoms with E-state index in [1.165, 1.54) is 76.7 Å². The molecule has 0 saturated carbocycles. The van der Waals surface area contributed by atoms with Crippen LogP contribution in [-0.4, -0.2) is 60.1 Å². The second-order valence-corrected chi connectivity index (χ2v) is 22.9. The van der Waals surface area contributed by atoms with Crippen molar-refractivity contribution in [2.24, 2.45) is 0 Å². The normalized spacial score (nSPS) is 15.5. The molecule has 0 spiro atoms.